The number of nitrogens with zero attached hydrogens (tertiary/aromatic N) is 3. The number of carbonyl (C=O) groups is 1. The molecular weight excluding hydrogens is 532 g/mol. The van der Waals surface area contributed by atoms with Crippen LogP contribution in [-0.2, 0) is 10.0 Å². The molecule has 0 atom stereocenters. The first-order valence-corrected chi connectivity index (χ1v) is 13.4. The molecule has 3 aromatic carbocycles. The molecule has 11 nitrogen and oxygen atoms in total. The number of carbonyl (C=O) groups excluding carboxylic acids is 1. The number of pyridine rings is 1. The van der Waals surface area contributed by atoms with Gasteiger partial charge in [-0.25, -0.2) is 18.4 Å². The van der Waals surface area contributed by atoms with Gasteiger partial charge in [-0.1, -0.05) is 18.2 Å². The van der Waals surface area contributed by atoms with E-state index in [1.807, 2.05) is 6.07 Å². The van der Waals surface area contributed by atoms with E-state index in [9.17, 15) is 13.2 Å². The lowest BCUT2D eigenvalue weighted by molar-refractivity contribution is 0.102. The number of hydrogen-bond donors (Lipinski definition) is 3. The van der Waals surface area contributed by atoms with Crippen molar-refractivity contribution in [2.45, 2.75) is 4.90 Å². The third kappa shape index (κ3) is 5.92. The molecule has 12 heteroatoms. The molecule has 2 heterocycles. The van der Waals surface area contributed by atoms with Gasteiger partial charge in [0.1, 0.15) is 11.5 Å². The number of hydrogen-bond acceptors (Lipinski definition) is 9. The highest BCUT2D eigenvalue weighted by Crippen LogP contribution is 2.31. The molecule has 0 saturated carbocycles. The number of fused-ring (bicyclic) bond motifs is 1. The van der Waals surface area contributed by atoms with Crippen molar-refractivity contribution in [3.63, 3.8) is 0 Å². The summed E-state index contributed by atoms with van der Waals surface area (Å²) in [6.07, 6.45) is 3.00. The monoisotopic (exact) mass is 556 g/mol. The quantitative estimate of drug-likeness (QED) is 0.232. The van der Waals surface area contributed by atoms with Crippen molar-refractivity contribution in [3.05, 3.63) is 96.8 Å². The average Bonchev–Trinajstić information content (AvgIpc) is 2.97. The summed E-state index contributed by atoms with van der Waals surface area (Å²) >= 11 is 0. The number of methoxy groups -OCH3 is 2. The Morgan fingerprint density at radius 1 is 0.750 bits per heavy atom. The van der Waals surface area contributed by atoms with Crippen LogP contribution in [0.2, 0.25) is 0 Å². The van der Waals surface area contributed by atoms with Crippen molar-refractivity contribution in [2.24, 2.45) is 0 Å². The Hall–Kier alpha value is -5.23. The molecule has 0 unspecified atom stereocenters. The molecular formula is C28H24N6O5S. The van der Waals surface area contributed by atoms with E-state index in [0.29, 0.717) is 39.5 Å². The van der Waals surface area contributed by atoms with Crippen molar-refractivity contribution >= 4 is 50.0 Å². The van der Waals surface area contributed by atoms with Gasteiger partial charge in [-0.3, -0.25) is 14.5 Å². The summed E-state index contributed by atoms with van der Waals surface area (Å²) in [4.78, 5) is 25.5. The van der Waals surface area contributed by atoms with Gasteiger partial charge in [0.15, 0.2) is 11.6 Å². The van der Waals surface area contributed by atoms with Gasteiger partial charge in [0.05, 0.1) is 30.1 Å². The fourth-order valence-corrected chi connectivity index (χ4v) is 4.86. The number of nitrogens with one attached hydrogen (secondary N) is 3. The van der Waals surface area contributed by atoms with Crippen LogP contribution in [0.25, 0.3) is 11.0 Å². The molecule has 0 fully saturated rings. The first-order valence-electron chi connectivity index (χ1n) is 12.0. The normalized spacial score (nSPS) is 11.1. The standard InChI is InChI=1S/C28H24N6O5S/c1-38-21-14-20(15-22(17-21)39-2)30-26-27(33-25-9-4-3-8-24(25)32-26)34-40(36,37)23-7-5-6-19(16-23)31-28(35)18-10-12-29-13-11-18/h3-17H,1-2H3,(H,30,32)(H,31,35)(H,33,34). The molecule has 0 bridgehead atoms. The van der Waals surface area contributed by atoms with Gasteiger partial charge < -0.3 is 20.1 Å². The summed E-state index contributed by atoms with van der Waals surface area (Å²) in [5, 5.41) is 5.82. The molecule has 5 aromatic rings. The Kier molecular flexibility index (Phi) is 7.42. The SMILES string of the molecule is COc1cc(Nc2nc3ccccc3nc2NS(=O)(=O)c2cccc(NC(=O)c3ccncc3)c2)cc(OC)c1. The minimum atomic E-state index is -4.15. The van der Waals surface area contributed by atoms with Crippen molar-refractivity contribution < 1.29 is 22.7 Å². The van der Waals surface area contributed by atoms with Crippen LogP contribution in [0.5, 0.6) is 11.5 Å². The lowest BCUT2D eigenvalue weighted by atomic mass is 10.2. The van der Waals surface area contributed by atoms with Crippen LogP contribution in [0, 0.1) is 0 Å². The van der Waals surface area contributed by atoms with Gasteiger partial charge in [-0.05, 0) is 42.5 Å². The zero-order valence-electron chi connectivity index (χ0n) is 21.5. The van der Waals surface area contributed by atoms with Gasteiger partial charge in [-0.2, -0.15) is 0 Å². The molecule has 0 aliphatic carbocycles. The van der Waals surface area contributed by atoms with E-state index in [-0.39, 0.29) is 16.5 Å². The fourth-order valence-electron chi connectivity index (χ4n) is 3.81. The van der Waals surface area contributed by atoms with Crippen molar-refractivity contribution in [1.29, 1.82) is 0 Å². The third-order valence-corrected chi connectivity index (χ3v) is 7.10. The Balaban J connectivity index is 1.48. The average molecular weight is 557 g/mol. The number of para-hydroxylation sites is 2. The Labute approximate surface area is 230 Å². The van der Waals surface area contributed by atoms with Crippen LogP contribution < -0.4 is 24.8 Å². The molecule has 5 rings (SSSR count). The van der Waals surface area contributed by atoms with Gasteiger partial charge in [0.2, 0.25) is 0 Å². The van der Waals surface area contributed by atoms with Crippen LogP contribution in [0.1, 0.15) is 10.4 Å². The summed E-state index contributed by atoms with van der Waals surface area (Å²) in [6.45, 7) is 0. The van der Waals surface area contributed by atoms with Gasteiger partial charge in [-0.15, -0.1) is 0 Å². The Bertz CT molecular complexity index is 1780. The van der Waals surface area contributed by atoms with Gasteiger partial charge in [0.25, 0.3) is 15.9 Å². The maximum absolute atomic E-state index is 13.5. The number of anilines is 4. The summed E-state index contributed by atoms with van der Waals surface area (Å²) in [7, 11) is -1.09. The van der Waals surface area contributed by atoms with E-state index in [0.717, 1.165) is 0 Å². The summed E-state index contributed by atoms with van der Waals surface area (Å²) in [5.74, 6) is 0.809. The van der Waals surface area contributed by atoms with Crippen LogP contribution >= 0.6 is 0 Å². The molecule has 0 spiro atoms. The van der Waals surface area contributed by atoms with Crippen molar-refractivity contribution in [1.82, 2.24) is 15.0 Å². The van der Waals surface area contributed by atoms with Crippen LogP contribution in [0.4, 0.5) is 23.0 Å². The van der Waals surface area contributed by atoms with E-state index in [1.165, 1.54) is 44.8 Å². The highest BCUT2D eigenvalue weighted by atomic mass is 32.2. The molecule has 1 amide bonds. The summed E-state index contributed by atoms with van der Waals surface area (Å²) < 4.78 is 40.2. The van der Waals surface area contributed by atoms with E-state index in [1.54, 1.807) is 54.6 Å². The van der Waals surface area contributed by atoms with E-state index in [4.69, 9.17) is 9.47 Å². The predicted molar refractivity (Wildman–Crippen MR) is 152 cm³/mol. The number of amides is 1. The minimum Gasteiger partial charge on any atom is -0.497 e. The first-order chi connectivity index (χ1) is 19.3. The second kappa shape index (κ2) is 11.3. The second-order valence-electron chi connectivity index (χ2n) is 8.46. The maximum atomic E-state index is 13.5. The van der Waals surface area contributed by atoms with Crippen LogP contribution in [0.15, 0.2) is 96.2 Å². The number of rotatable bonds is 9. The fraction of sp³-hybridized carbons (Fsp3) is 0.0714. The third-order valence-electron chi connectivity index (χ3n) is 5.76. The van der Waals surface area contributed by atoms with Crippen molar-refractivity contribution in [3.8, 4) is 11.5 Å². The van der Waals surface area contributed by atoms with Crippen molar-refractivity contribution in [2.75, 3.05) is 29.6 Å². The largest absolute Gasteiger partial charge is 0.497 e. The topological polar surface area (TPSA) is 144 Å². The highest BCUT2D eigenvalue weighted by molar-refractivity contribution is 7.92. The van der Waals surface area contributed by atoms with E-state index in [2.05, 4.69) is 30.3 Å². The maximum Gasteiger partial charge on any atom is 0.263 e. The first kappa shape index (κ1) is 26.4. The second-order valence-corrected chi connectivity index (χ2v) is 10.1. The number of sulfonamides is 1. The summed E-state index contributed by atoms with van der Waals surface area (Å²) in [6, 6.07) is 21.2. The lowest BCUT2D eigenvalue weighted by Gasteiger charge is -2.15. The number of benzene rings is 3. The van der Waals surface area contributed by atoms with Crippen LogP contribution in [0.3, 0.4) is 0 Å². The molecule has 2 aromatic heterocycles. The molecule has 0 saturated heterocycles. The van der Waals surface area contributed by atoms with Gasteiger partial charge in [0, 0.05) is 47.5 Å². The van der Waals surface area contributed by atoms with Gasteiger partial charge >= 0.3 is 0 Å². The molecule has 40 heavy (non-hydrogen) atoms. The Morgan fingerprint density at radius 2 is 1.40 bits per heavy atom. The van der Waals surface area contributed by atoms with E-state index < -0.39 is 15.9 Å². The number of aromatic nitrogens is 3. The van der Waals surface area contributed by atoms with Crippen LogP contribution in [-0.4, -0.2) is 43.5 Å². The lowest BCUT2D eigenvalue weighted by Crippen LogP contribution is -2.17. The van der Waals surface area contributed by atoms with E-state index >= 15 is 0 Å². The molecule has 202 valence electrons. The Morgan fingerprint density at radius 3 is 2.05 bits per heavy atom. The number of ether oxygens (including phenoxy) is 2. The minimum absolute atomic E-state index is 0.0216. The molecule has 0 radical (unpaired) electrons. The highest BCUT2D eigenvalue weighted by Gasteiger charge is 2.20. The molecule has 0 aliphatic rings. The smallest absolute Gasteiger partial charge is 0.263 e. The molecule has 3 N–H and O–H groups in total. The molecule has 0 aliphatic heterocycles. The zero-order chi connectivity index (χ0) is 28.1. The summed E-state index contributed by atoms with van der Waals surface area (Å²) in [5.41, 5.74) is 2.28. The predicted octanol–water partition coefficient (Wildman–Crippen LogP) is 4.84. The zero-order valence-corrected chi connectivity index (χ0v) is 22.3.